The molecule has 0 spiro atoms. The van der Waals surface area contributed by atoms with Crippen molar-refractivity contribution in [2.24, 2.45) is 0 Å². The molecule has 0 aliphatic carbocycles. The maximum atomic E-state index is 11.7. The Morgan fingerprint density at radius 1 is 1.53 bits per heavy atom. The molecule has 1 atom stereocenters. The molecule has 88 valence electrons. The number of non-ortho nitro benzene ring substituents is 1. The van der Waals surface area contributed by atoms with E-state index in [1.165, 1.54) is 24.3 Å². The standard InChI is InChI=1S/C12H12N2O3/c1-3-10(4-2)13-12(15)9-5-7-11(8-6-9)14(16)17/h1,5-8,10H,4H2,2H3,(H,13,15). The SMILES string of the molecule is C#CC(CC)NC(=O)c1ccc([N+](=O)[O-])cc1. The fourth-order valence-corrected chi connectivity index (χ4v) is 1.24. The van der Waals surface area contributed by atoms with Gasteiger partial charge in [-0.1, -0.05) is 12.8 Å². The molecule has 1 amide bonds. The second-order valence-corrected chi connectivity index (χ2v) is 3.40. The van der Waals surface area contributed by atoms with Gasteiger partial charge in [-0.2, -0.15) is 0 Å². The van der Waals surface area contributed by atoms with Crippen LogP contribution < -0.4 is 5.32 Å². The molecule has 0 bridgehead atoms. The maximum Gasteiger partial charge on any atom is 0.269 e. The first-order chi connectivity index (χ1) is 8.08. The van der Waals surface area contributed by atoms with E-state index in [9.17, 15) is 14.9 Å². The number of nitrogens with zero attached hydrogens (tertiary/aromatic N) is 1. The highest BCUT2D eigenvalue weighted by atomic mass is 16.6. The van der Waals surface area contributed by atoms with Crippen molar-refractivity contribution in [3.8, 4) is 12.3 Å². The summed E-state index contributed by atoms with van der Waals surface area (Å²) in [6, 6.07) is 5.04. The van der Waals surface area contributed by atoms with Crippen molar-refractivity contribution >= 4 is 11.6 Å². The molecular weight excluding hydrogens is 220 g/mol. The second-order valence-electron chi connectivity index (χ2n) is 3.40. The van der Waals surface area contributed by atoms with Gasteiger partial charge in [0.15, 0.2) is 0 Å². The number of hydrogen-bond donors (Lipinski definition) is 1. The minimum atomic E-state index is -0.516. The lowest BCUT2D eigenvalue weighted by molar-refractivity contribution is -0.384. The number of amides is 1. The van der Waals surface area contributed by atoms with E-state index in [0.29, 0.717) is 12.0 Å². The lowest BCUT2D eigenvalue weighted by Crippen LogP contribution is -2.33. The van der Waals surface area contributed by atoms with Crippen LogP contribution in [-0.4, -0.2) is 16.9 Å². The van der Waals surface area contributed by atoms with Crippen molar-refractivity contribution < 1.29 is 9.72 Å². The zero-order valence-electron chi connectivity index (χ0n) is 9.34. The molecule has 17 heavy (non-hydrogen) atoms. The summed E-state index contributed by atoms with van der Waals surface area (Å²) in [5, 5.41) is 13.1. The monoisotopic (exact) mass is 232 g/mol. The van der Waals surface area contributed by atoms with E-state index in [2.05, 4.69) is 11.2 Å². The highest BCUT2D eigenvalue weighted by molar-refractivity contribution is 5.94. The summed E-state index contributed by atoms with van der Waals surface area (Å²) >= 11 is 0. The minimum absolute atomic E-state index is 0.0504. The van der Waals surface area contributed by atoms with Crippen LogP contribution in [0, 0.1) is 22.5 Å². The van der Waals surface area contributed by atoms with Crippen molar-refractivity contribution in [1.82, 2.24) is 5.32 Å². The first kappa shape index (κ1) is 12.7. The highest BCUT2D eigenvalue weighted by Crippen LogP contribution is 2.11. The largest absolute Gasteiger partial charge is 0.338 e. The predicted molar refractivity (Wildman–Crippen MR) is 63.5 cm³/mol. The van der Waals surface area contributed by atoms with E-state index >= 15 is 0 Å². The van der Waals surface area contributed by atoms with Crippen LogP contribution in [0.5, 0.6) is 0 Å². The minimum Gasteiger partial charge on any atom is -0.338 e. The Kier molecular flexibility index (Phi) is 4.23. The van der Waals surface area contributed by atoms with Gasteiger partial charge in [-0.15, -0.1) is 6.42 Å². The molecule has 0 saturated carbocycles. The molecule has 5 heteroatoms. The average Bonchev–Trinajstić information content (AvgIpc) is 2.35. The number of hydrogen-bond acceptors (Lipinski definition) is 3. The second kappa shape index (κ2) is 5.66. The molecule has 1 rings (SSSR count). The van der Waals surface area contributed by atoms with Gasteiger partial charge in [-0.3, -0.25) is 14.9 Å². The molecule has 1 N–H and O–H groups in total. The van der Waals surface area contributed by atoms with Crippen LogP contribution in [0.1, 0.15) is 23.7 Å². The maximum absolute atomic E-state index is 11.7. The summed E-state index contributed by atoms with van der Waals surface area (Å²) in [4.78, 5) is 21.6. The molecule has 1 unspecified atom stereocenters. The van der Waals surface area contributed by atoms with Gasteiger partial charge in [0.2, 0.25) is 0 Å². The molecular formula is C12H12N2O3. The van der Waals surface area contributed by atoms with E-state index < -0.39 is 4.92 Å². The fourth-order valence-electron chi connectivity index (χ4n) is 1.24. The summed E-state index contributed by atoms with van der Waals surface area (Å²) in [6.07, 6.45) is 5.85. The third kappa shape index (κ3) is 3.31. The predicted octanol–water partition coefficient (Wildman–Crippen LogP) is 1.74. The van der Waals surface area contributed by atoms with Crippen molar-refractivity contribution in [2.75, 3.05) is 0 Å². The van der Waals surface area contributed by atoms with Gasteiger partial charge >= 0.3 is 0 Å². The van der Waals surface area contributed by atoms with E-state index in [0.717, 1.165) is 0 Å². The van der Waals surface area contributed by atoms with Crippen molar-refractivity contribution in [2.45, 2.75) is 19.4 Å². The Morgan fingerprint density at radius 2 is 2.12 bits per heavy atom. The summed E-state index contributed by atoms with van der Waals surface area (Å²) in [5.41, 5.74) is 0.301. The number of nitrogens with one attached hydrogen (secondary N) is 1. The zero-order valence-corrected chi connectivity index (χ0v) is 9.34. The third-order valence-electron chi connectivity index (χ3n) is 2.26. The van der Waals surface area contributed by atoms with Gasteiger partial charge in [-0.25, -0.2) is 0 Å². The molecule has 0 heterocycles. The number of benzene rings is 1. The number of carbonyl (C=O) groups excluding carboxylic acids is 1. The first-order valence-corrected chi connectivity index (χ1v) is 5.10. The summed E-state index contributed by atoms with van der Waals surface area (Å²) in [5.74, 6) is 2.11. The topological polar surface area (TPSA) is 72.2 Å². The number of carbonyl (C=O) groups is 1. The van der Waals surface area contributed by atoms with E-state index in [1.807, 2.05) is 6.92 Å². The molecule has 1 aromatic rings. The first-order valence-electron chi connectivity index (χ1n) is 5.10. The van der Waals surface area contributed by atoms with Crippen LogP contribution in [0.2, 0.25) is 0 Å². The van der Waals surface area contributed by atoms with Gasteiger partial charge in [0, 0.05) is 17.7 Å². The number of rotatable bonds is 4. The number of nitro benzene ring substituents is 1. The summed E-state index contributed by atoms with van der Waals surface area (Å²) < 4.78 is 0. The van der Waals surface area contributed by atoms with Crippen LogP contribution in [0.25, 0.3) is 0 Å². The highest BCUT2D eigenvalue weighted by Gasteiger charge is 2.11. The molecule has 0 radical (unpaired) electrons. The molecule has 5 nitrogen and oxygen atoms in total. The van der Waals surface area contributed by atoms with Crippen molar-refractivity contribution in [1.29, 1.82) is 0 Å². The summed E-state index contributed by atoms with van der Waals surface area (Å²) in [7, 11) is 0. The van der Waals surface area contributed by atoms with E-state index in [1.54, 1.807) is 0 Å². The van der Waals surface area contributed by atoms with Crippen LogP contribution in [0.15, 0.2) is 24.3 Å². The Hall–Kier alpha value is -2.35. The van der Waals surface area contributed by atoms with Gasteiger partial charge in [0.05, 0.1) is 11.0 Å². The van der Waals surface area contributed by atoms with Crippen LogP contribution in [0.4, 0.5) is 5.69 Å². The van der Waals surface area contributed by atoms with Gasteiger partial charge in [-0.05, 0) is 18.6 Å². The lowest BCUT2D eigenvalue weighted by Gasteiger charge is -2.10. The van der Waals surface area contributed by atoms with Crippen LogP contribution >= 0.6 is 0 Å². The van der Waals surface area contributed by atoms with Gasteiger partial charge in [0.25, 0.3) is 11.6 Å². The normalized spacial score (nSPS) is 11.3. The number of nitro groups is 1. The quantitative estimate of drug-likeness (QED) is 0.488. The van der Waals surface area contributed by atoms with Crippen molar-refractivity contribution in [3.05, 3.63) is 39.9 Å². The molecule has 0 aliphatic rings. The Morgan fingerprint density at radius 3 is 2.53 bits per heavy atom. The molecule has 1 aromatic carbocycles. The van der Waals surface area contributed by atoms with Crippen LogP contribution in [0.3, 0.4) is 0 Å². The molecule has 0 aliphatic heterocycles. The molecule has 0 saturated heterocycles. The smallest absolute Gasteiger partial charge is 0.269 e. The Bertz CT molecular complexity index is 460. The molecule has 0 fully saturated rings. The zero-order chi connectivity index (χ0) is 12.8. The van der Waals surface area contributed by atoms with E-state index in [4.69, 9.17) is 6.42 Å². The Labute approximate surface area is 99.0 Å². The van der Waals surface area contributed by atoms with Crippen molar-refractivity contribution in [3.63, 3.8) is 0 Å². The lowest BCUT2D eigenvalue weighted by atomic mass is 10.1. The average molecular weight is 232 g/mol. The van der Waals surface area contributed by atoms with E-state index in [-0.39, 0.29) is 17.6 Å². The van der Waals surface area contributed by atoms with Gasteiger partial charge < -0.3 is 5.32 Å². The fraction of sp³-hybridized carbons (Fsp3) is 0.250. The third-order valence-corrected chi connectivity index (χ3v) is 2.26. The molecule has 0 aromatic heterocycles. The van der Waals surface area contributed by atoms with Crippen LogP contribution in [-0.2, 0) is 0 Å². The Balaban J connectivity index is 2.77. The summed E-state index contributed by atoms with van der Waals surface area (Å²) in [6.45, 7) is 1.86. The number of terminal acetylenes is 1. The van der Waals surface area contributed by atoms with Gasteiger partial charge in [0.1, 0.15) is 0 Å².